The summed E-state index contributed by atoms with van der Waals surface area (Å²) >= 11 is 0. The van der Waals surface area contributed by atoms with Gasteiger partial charge in [0.15, 0.2) is 5.78 Å². The number of nitrogens with zero attached hydrogens (tertiary/aromatic N) is 1. The first-order chi connectivity index (χ1) is 64.5. The lowest BCUT2D eigenvalue weighted by molar-refractivity contribution is -0.145. The van der Waals surface area contributed by atoms with Crippen LogP contribution in [0.5, 0.6) is 11.5 Å². The highest BCUT2D eigenvalue weighted by molar-refractivity contribution is 6.07. The van der Waals surface area contributed by atoms with E-state index in [4.69, 9.17) is 57.6 Å². The van der Waals surface area contributed by atoms with E-state index >= 15 is 0 Å². The van der Waals surface area contributed by atoms with Gasteiger partial charge in [-0.15, -0.1) is 0 Å². The average Bonchev–Trinajstić information content (AvgIpc) is 0.832. The molecule has 1 heterocycles. The first kappa shape index (κ1) is 118. The summed E-state index contributed by atoms with van der Waals surface area (Å²) in [4.78, 5) is 204. The maximum atomic E-state index is 14.0. The zero-order chi connectivity index (χ0) is 98.0. The highest BCUT2D eigenvalue weighted by Crippen LogP contribution is 2.30. The molecule has 0 bridgehead atoms. The number of pyridine rings is 1. The number of carbonyl (C=O) groups is 16. The van der Waals surface area contributed by atoms with Gasteiger partial charge in [-0.2, -0.15) is 0 Å². The number of amides is 5. The van der Waals surface area contributed by atoms with Crippen molar-refractivity contribution in [3.05, 3.63) is 89.7 Å². The predicted molar refractivity (Wildman–Crippen MR) is 490 cm³/mol. The van der Waals surface area contributed by atoms with Gasteiger partial charge in [-0.3, -0.25) is 67.3 Å². The normalized spacial score (nSPS) is 12.2. The molecule has 0 spiro atoms. The summed E-state index contributed by atoms with van der Waals surface area (Å²) in [6.07, 6.45) is 17.0. The van der Waals surface area contributed by atoms with Crippen LogP contribution in [0.25, 0.3) is 0 Å². The second-order valence-corrected chi connectivity index (χ2v) is 33.4. The highest BCUT2D eigenvalue weighted by Gasteiger charge is 2.38. The third-order valence-corrected chi connectivity index (χ3v) is 21.9. The van der Waals surface area contributed by atoms with Gasteiger partial charge in [0.1, 0.15) is 72.9 Å². The number of aromatic nitrogens is 1. The summed E-state index contributed by atoms with van der Waals surface area (Å²) in [5.74, 6) is -10.9. The van der Waals surface area contributed by atoms with E-state index in [9.17, 15) is 92.0 Å². The molecular weight excluding hydrogens is 1750 g/mol. The van der Waals surface area contributed by atoms with E-state index < -0.39 is 82.4 Å². The van der Waals surface area contributed by atoms with Crippen LogP contribution in [0, 0.1) is 23.2 Å². The van der Waals surface area contributed by atoms with Crippen molar-refractivity contribution in [2.75, 3.05) is 145 Å². The van der Waals surface area contributed by atoms with Gasteiger partial charge in [0.2, 0.25) is 29.5 Å². The van der Waals surface area contributed by atoms with Crippen LogP contribution in [0.4, 0.5) is 0 Å². The van der Waals surface area contributed by atoms with Gasteiger partial charge < -0.3 is 99.5 Å². The predicted octanol–water partition coefficient (Wildman–Crippen LogP) is 10.1. The van der Waals surface area contributed by atoms with Crippen molar-refractivity contribution in [1.82, 2.24) is 31.6 Å². The van der Waals surface area contributed by atoms with E-state index in [-0.39, 0.29) is 274 Å². The zero-order valence-electron chi connectivity index (χ0n) is 78.3. The fourth-order valence-corrected chi connectivity index (χ4v) is 13.8. The van der Waals surface area contributed by atoms with Crippen LogP contribution in [0.1, 0.15) is 259 Å². The molecule has 2 aromatic carbocycles. The number of hydrogen-bond donors (Lipinski definition) is 10. The van der Waals surface area contributed by atoms with E-state index in [2.05, 4.69) is 31.6 Å². The number of aryl methyl sites for hydroxylation is 1. The van der Waals surface area contributed by atoms with Gasteiger partial charge >= 0.3 is 29.8 Å². The van der Waals surface area contributed by atoms with Gasteiger partial charge in [0, 0.05) is 121 Å². The number of nitrogens with one attached hydrogen (secondary N) is 5. The SMILES string of the molecule is CC(C)(C(=O)CCc1ccccn1)C(=O)C[C@@H](CCCCNC(=O)COCCOCCCC(=O)COCCOCCNC(=O)CC[C@H](CC(=O)CCCCCCCCCOc1ccc(C(=O)O)cc1)C(=O)O)C(=O)C[C@@H](CCCCNC(=O)COCCOCCNC(=O)COCCOCCCC(=O)CC[C@H](NC(=O)CCCCCCCCCOc1ccc(C(=O)O)cc1)C(=O)O)C(=O)O. The van der Waals surface area contributed by atoms with Crippen molar-refractivity contribution in [1.29, 1.82) is 0 Å². The minimum atomic E-state index is -1.45. The number of aromatic carboxylic acids is 2. The molecule has 0 saturated heterocycles. The maximum absolute atomic E-state index is 14.0. The van der Waals surface area contributed by atoms with E-state index in [0.717, 1.165) is 77.0 Å². The Morgan fingerprint density at radius 2 is 0.746 bits per heavy atom. The minimum Gasteiger partial charge on any atom is -0.494 e. The van der Waals surface area contributed by atoms with Crippen molar-refractivity contribution < 1.29 is 150 Å². The molecule has 5 amide bonds. The highest BCUT2D eigenvalue weighted by atomic mass is 16.5. The second-order valence-electron chi connectivity index (χ2n) is 33.4. The van der Waals surface area contributed by atoms with Gasteiger partial charge in [0.25, 0.3) is 0 Å². The molecule has 3 aromatic rings. The van der Waals surface area contributed by atoms with Crippen LogP contribution in [0.15, 0.2) is 72.9 Å². The Hall–Kier alpha value is -10.4. The Bertz CT molecular complexity index is 3920. The number of rotatable bonds is 90. The average molecular weight is 1890 g/mol. The zero-order valence-corrected chi connectivity index (χ0v) is 78.3. The molecule has 750 valence electrons. The molecule has 10 N–H and O–H groups in total. The van der Waals surface area contributed by atoms with E-state index in [1.165, 1.54) is 38.1 Å². The first-order valence-electron chi connectivity index (χ1n) is 47.2. The quantitative estimate of drug-likeness (QED) is 0.0185. The van der Waals surface area contributed by atoms with Gasteiger partial charge in [-0.25, -0.2) is 14.4 Å². The third kappa shape index (κ3) is 60.8. The molecular formula is C97H146N6O31. The number of carboxylic acids is 5. The number of unbranched alkanes of at least 4 members (excludes halogenated alkanes) is 14. The Kier molecular flexibility index (Phi) is 65.8. The number of hydrogen-bond acceptors (Lipinski definition) is 27. The Morgan fingerprint density at radius 1 is 0.321 bits per heavy atom. The molecule has 0 aliphatic carbocycles. The van der Waals surface area contributed by atoms with Crippen molar-refractivity contribution in [2.24, 2.45) is 23.2 Å². The van der Waals surface area contributed by atoms with Crippen LogP contribution in [0.2, 0.25) is 0 Å². The molecule has 0 aliphatic heterocycles. The number of carboxylic acid groups (broad SMARTS) is 5. The van der Waals surface area contributed by atoms with Crippen LogP contribution in [0.3, 0.4) is 0 Å². The Morgan fingerprint density at radius 3 is 1.22 bits per heavy atom. The molecule has 1 aromatic heterocycles. The van der Waals surface area contributed by atoms with E-state index in [1.807, 2.05) is 0 Å². The lowest BCUT2D eigenvalue weighted by Gasteiger charge is -2.25. The number of aliphatic carboxylic acids is 3. The van der Waals surface area contributed by atoms with Crippen molar-refractivity contribution in [3.8, 4) is 11.5 Å². The fraction of sp³-hybridized carbons (Fsp3) is 0.660. The summed E-state index contributed by atoms with van der Waals surface area (Å²) in [5, 5.41) is 60.9. The number of ketones is 6. The molecule has 0 radical (unpaired) electrons. The van der Waals surface area contributed by atoms with E-state index in [0.29, 0.717) is 88.2 Å². The fourth-order valence-electron chi connectivity index (χ4n) is 13.8. The standard InChI is InChI=1S/C97H146N6O31/c1-97(2,85(108)44-37-77-27-17-20-46-98-77)86(109)67-74(25-15-18-47-99-89(112)69-130-62-58-126-52-24-30-80(106)68-129-61-59-127-55-49-101-87(110)45-36-76(95(121)122)65-79(105)28-13-9-5-3-7-11-21-53-133-81-39-32-72(33-40-81)92(115)116)84(107)66-75(94(119)120)26-16-19-48-100-90(113)70-132-64-60-128-56-50-102-91(114)71-131-63-57-125-51-23-29-78(104)38-43-83(96(123)124)103-88(111)31-14-10-6-4-8-12-22-54-134-82-41-34-73(35-42-82)93(117)118/h17,20,27,32-35,39-42,46,74-76,83H,3-16,18-19,21-26,28-31,36-38,43-45,47-71H2,1-2H3,(H,99,112)(H,100,113)(H,101,110)(H,102,114)(H,103,111)(H,115,116)(H,117,118)(H,119,120)(H,121,122)(H,123,124)/t74-,75-,76-,83+/m1/s1. The minimum absolute atomic E-state index is 0.0185. The van der Waals surface area contributed by atoms with Gasteiger partial charge in [0.05, 0.1) is 108 Å². The van der Waals surface area contributed by atoms with Crippen molar-refractivity contribution >= 4 is 94.1 Å². The van der Waals surface area contributed by atoms with E-state index in [1.54, 1.807) is 48.7 Å². The number of benzene rings is 2. The molecule has 37 heteroatoms. The van der Waals surface area contributed by atoms with Crippen molar-refractivity contribution in [3.63, 3.8) is 0 Å². The van der Waals surface area contributed by atoms with Crippen LogP contribution in [-0.4, -0.2) is 276 Å². The molecule has 37 nitrogen and oxygen atoms in total. The lowest BCUT2D eigenvalue weighted by atomic mass is 9.76. The largest absolute Gasteiger partial charge is 0.494 e. The maximum Gasteiger partial charge on any atom is 0.335 e. The molecule has 0 unspecified atom stereocenters. The third-order valence-electron chi connectivity index (χ3n) is 21.9. The van der Waals surface area contributed by atoms with Gasteiger partial charge in [-0.05, 0) is 158 Å². The Balaban J connectivity index is 1.18. The lowest BCUT2D eigenvalue weighted by Crippen LogP contribution is -2.41. The summed E-state index contributed by atoms with van der Waals surface area (Å²) in [6, 6.07) is 16.7. The topological polar surface area (TPSA) is 540 Å². The first-order valence-corrected chi connectivity index (χ1v) is 47.2. The Labute approximate surface area is 785 Å². The summed E-state index contributed by atoms with van der Waals surface area (Å²) in [6.45, 7) is 5.83. The molecule has 4 atom stereocenters. The smallest absolute Gasteiger partial charge is 0.335 e. The van der Waals surface area contributed by atoms with Crippen LogP contribution >= 0.6 is 0 Å². The van der Waals surface area contributed by atoms with Gasteiger partial charge in [-0.1, -0.05) is 83.1 Å². The number of Topliss-reactive ketones (excluding diaryl/α,β-unsaturated/α-hetero) is 6. The summed E-state index contributed by atoms with van der Waals surface area (Å²) in [7, 11) is 0. The molecule has 134 heavy (non-hydrogen) atoms. The summed E-state index contributed by atoms with van der Waals surface area (Å²) < 4.78 is 54.9. The van der Waals surface area contributed by atoms with Crippen LogP contribution in [-0.2, 0) is 111 Å². The van der Waals surface area contributed by atoms with Crippen LogP contribution < -0.4 is 36.1 Å². The number of carbonyl (C=O) groups excluding carboxylic acids is 11. The second kappa shape index (κ2) is 74.9. The summed E-state index contributed by atoms with van der Waals surface area (Å²) in [5.41, 5.74) is -0.374. The number of ether oxygens (including phenoxy) is 10. The molecule has 3 rings (SSSR count). The molecule has 0 aliphatic rings. The van der Waals surface area contributed by atoms with Crippen molar-refractivity contribution in [2.45, 2.75) is 245 Å². The molecule has 0 fully saturated rings. The molecule has 0 saturated carbocycles. The monoisotopic (exact) mass is 1890 g/mol.